The molecule has 5 nitrogen and oxygen atoms in total. The first kappa shape index (κ1) is 19.8. The number of hydrogen-bond donors (Lipinski definition) is 1. The monoisotopic (exact) mass is 427 g/mol. The molecule has 0 atom stereocenters. The van der Waals surface area contributed by atoms with Crippen molar-refractivity contribution >= 4 is 27.8 Å². The van der Waals surface area contributed by atoms with E-state index in [0.29, 0.717) is 5.75 Å². The number of carboxylic acids is 1. The van der Waals surface area contributed by atoms with E-state index in [9.17, 15) is 18.4 Å². The highest BCUT2D eigenvalue weighted by Gasteiger charge is 2.19. The van der Waals surface area contributed by atoms with Gasteiger partial charge in [-0.2, -0.15) is 0 Å². The second-order valence-corrected chi connectivity index (χ2v) is 6.33. The Balaban J connectivity index is 2.07. The van der Waals surface area contributed by atoms with Gasteiger partial charge in [0.1, 0.15) is 5.75 Å². The maximum atomic E-state index is 13.8. The van der Waals surface area contributed by atoms with Crippen LogP contribution in [0.2, 0.25) is 0 Å². The third-order valence-electron chi connectivity index (χ3n) is 3.52. The van der Waals surface area contributed by atoms with Gasteiger partial charge in [0.2, 0.25) is 0 Å². The largest absolute Gasteiger partial charge is 0.484 e. The molecule has 0 saturated heterocycles. The molecule has 0 fully saturated rings. The fourth-order valence-corrected chi connectivity index (χ4v) is 2.43. The molecule has 2 aromatic rings. The molecule has 138 valence electrons. The fourth-order valence-electron chi connectivity index (χ4n) is 2.17. The summed E-state index contributed by atoms with van der Waals surface area (Å²) in [4.78, 5) is 24.3. The Morgan fingerprint density at radius 2 is 1.81 bits per heavy atom. The van der Waals surface area contributed by atoms with Crippen LogP contribution in [-0.4, -0.2) is 35.0 Å². The van der Waals surface area contributed by atoms with Crippen LogP contribution in [0.3, 0.4) is 0 Å². The van der Waals surface area contributed by atoms with Crippen molar-refractivity contribution in [1.82, 2.24) is 4.90 Å². The van der Waals surface area contributed by atoms with E-state index in [-0.39, 0.29) is 31.7 Å². The summed E-state index contributed by atoms with van der Waals surface area (Å²) in [5.41, 5.74) is -0.0348. The van der Waals surface area contributed by atoms with E-state index in [1.807, 2.05) is 0 Å². The highest BCUT2D eigenvalue weighted by atomic mass is 79.9. The van der Waals surface area contributed by atoms with Crippen molar-refractivity contribution in [3.63, 3.8) is 0 Å². The molecule has 1 amide bonds. The summed E-state index contributed by atoms with van der Waals surface area (Å²) in [7, 11) is 0. The number of hydrogen-bond acceptors (Lipinski definition) is 3. The van der Waals surface area contributed by atoms with Crippen molar-refractivity contribution in [2.75, 3.05) is 13.2 Å². The Labute approximate surface area is 157 Å². The number of ether oxygens (including phenoxy) is 1. The van der Waals surface area contributed by atoms with Gasteiger partial charge >= 0.3 is 5.97 Å². The van der Waals surface area contributed by atoms with Gasteiger partial charge in [-0.25, -0.2) is 8.78 Å². The minimum Gasteiger partial charge on any atom is -0.484 e. The van der Waals surface area contributed by atoms with E-state index >= 15 is 0 Å². The van der Waals surface area contributed by atoms with Crippen molar-refractivity contribution in [1.29, 1.82) is 0 Å². The van der Waals surface area contributed by atoms with Crippen molar-refractivity contribution in [3.8, 4) is 5.75 Å². The number of benzene rings is 2. The molecule has 0 spiro atoms. The summed E-state index contributed by atoms with van der Waals surface area (Å²) >= 11 is 3.28. The molecule has 26 heavy (non-hydrogen) atoms. The zero-order valence-corrected chi connectivity index (χ0v) is 15.2. The van der Waals surface area contributed by atoms with Crippen molar-refractivity contribution in [3.05, 3.63) is 64.1 Å². The highest BCUT2D eigenvalue weighted by molar-refractivity contribution is 9.10. The number of amides is 1. The van der Waals surface area contributed by atoms with Crippen LogP contribution >= 0.6 is 15.9 Å². The number of carbonyl (C=O) groups excluding carboxylic acids is 1. The fraction of sp³-hybridized carbons (Fsp3) is 0.222. The van der Waals surface area contributed by atoms with Gasteiger partial charge in [-0.3, -0.25) is 9.59 Å². The average molecular weight is 428 g/mol. The van der Waals surface area contributed by atoms with Gasteiger partial charge in [0.15, 0.2) is 18.2 Å². The Morgan fingerprint density at radius 1 is 1.12 bits per heavy atom. The van der Waals surface area contributed by atoms with E-state index in [1.165, 1.54) is 12.1 Å². The molecule has 0 radical (unpaired) electrons. The van der Waals surface area contributed by atoms with Gasteiger partial charge in [0, 0.05) is 23.1 Å². The lowest BCUT2D eigenvalue weighted by Crippen LogP contribution is -2.36. The van der Waals surface area contributed by atoms with Crippen molar-refractivity contribution in [2.24, 2.45) is 0 Å². The third kappa shape index (κ3) is 5.80. The van der Waals surface area contributed by atoms with Gasteiger partial charge in [-0.05, 0) is 30.3 Å². The van der Waals surface area contributed by atoms with Gasteiger partial charge in [0.25, 0.3) is 5.91 Å². The predicted molar refractivity (Wildman–Crippen MR) is 93.7 cm³/mol. The molecular weight excluding hydrogens is 412 g/mol. The first-order valence-electron chi connectivity index (χ1n) is 7.67. The number of aliphatic carboxylic acids is 1. The Bertz CT molecular complexity index is 783. The lowest BCUT2D eigenvalue weighted by molar-refractivity contribution is -0.139. The third-order valence-corrected chi connectivity index (χ3v) is 4.05. The topological polar surface area (TPSA) is 66.8 Å². The maximum absolute atomic E-state index is 13.8. The molecule has 0 aliphatic carbocycles. The molecule has 0 unspecified atom stereocenters. The number of carbonyl (C=O) groups is 2. The zero-order chi connectivity index (χ0) is 19.1. The summed E-state index contributed by atoms with van der Waals surface area (Å²) < 4.78 is 33.4. The van der Waals surface area contributed by atoms with Crippen molar-refractivity contribution < 1.29 is 28.2 Å². The number of rotatable bonds is 8. The molecule has 0 bridgehead atoms. The summed E-state index contributed by atoms with van der Waals surface area (Å²) in [6.07, 6.45) is -0.318. The molecule has 2 rings (SSSR count). The van der Waals surface area contributed by atoms with Crippen molar-refractivity contribution in [2.45, 2.75) is 13.0 Å². The Morgan fingerprint density at radius 3 is 2.46 bits per heavy atom. The van der Waals surface area contributed by atoms with Crippen LogP contribution in [0.5, 0.6) is 5.75 Å². The van der Waals surface area contributed by atoms with E-state index in [0.717, 1.165) is 15.4 Å². The number of halogens is 3. The Hall–Kier alpha value is -2.48. The SMILES string of the molecule is O=C(O)CCN(Cc1cccc(F)c1F)C(=O)COc1ccc(Br)cc1. The first-order chi connectivity index (χ1) is 12.4. The molecule has 0 aliphatic heterocycles. The summed E-state index contributed by atoms with van der Waals surface area (Å²) in [5, 5.41) is 8.84. The molecule has 8 heteroatoms. The standard InChI is InChI=1S/C18H16BrF2NO4/c19-13-4-6-14(7-5-13)26-11-16(23)22(9-8-17(24)25)10-12-2-1-3-15(20)18(12)21/h1-7H,8-11H2,(H,24,25). The maximum Gasteiger partial charge on any atom is 0.305 e. The van der Waals surface area contributed by atoms with E-state index < -0.39 is 23.5 Å². The molecule has 0 aromatic heterocycles. The van der Waals surface area contributed by atoms with Crippen LogP contribution in [0.4, 0.5) is 8.78 Å². The van der Waals surface area contributed by atoms with E-state index in [2.05, 4.69) is 15.9 Å². The second kappa shape index (κ2) is 9.28. The normalized spacial score (nSPS) is 10.4. The smallest absolute Gasteiger partial charge is 0.305 e. The summed E-state index contributed by atoms with van der Waals surface area (Å²) in [6.45, 7) is -0.745. The Kier molecular flexibility index (Phi) is 7.08. The van der Waals surface area contributed by atoms with Crippen LogP contribution in [0.1, 0.15) is 12.0 Å². The van der Waals surface area contributed by atoms with Gasteiger partial charge < -0.3 is 14.7 Å². The van der Waals surface area contributed by atoms with Gasteiger partial charge in [-0.15, -0.1) is 0 Å². The van der Waals surface area contributed by atoms with Crippen LogP contribution in [-0.2, 0) is 16.1 Å². The lowest BCUT2D eigenvalue weighted by Gasteiger charge is -2.22. The van der Waals surface area contributed by atoms with Gasteiger partial charge in [0.05, 0.1) is 6.42 Å². The zero-order valence-electron chi connectivity index (χ0n) is 13.6. The quantitative estimate of drug-likeness (QED) is 0.698. The molecule has 1 N–H and O–H groups in total. The first-order valence-corrected chi connectivity index (χ1v) is 8.47. The molecule has 0 aliphatic rings. The van der Waals surface area contributed by atoms with Crippen LogP contribution in [0, 0.1) is 11.6 Å². The molecule has 0 saturated carbocycles. The van der Waals surface area contributed by atoms with Crippen LogP contribution in [0.15, 0.2) is 46.9 Å². The van der Waals surface area contributed by atoms with E-state index in [1.54, 1.807) is 24.3 Å². The average Bonchev–Trinajstić information content (AvgIpc) is 2.61. The number of carboxylic acid groups (broad SMARTS) is 1. The minimum atomic E-state index is -1.10. The lowest BCUT2D eigenvalue weighted by atomic mass is 10.2. The van der Waals surface area contributed by atoms with E-state index in [4.69, 9.17) is 9.84 Å². The number of nitrogens with zero attached hydrogens (tertiary/aromatic N) is 1. The minimum absolute atomic E-state index is 0.0348. The summed E-state index contributed by atoms with van der Waals surface area (Å²) in [5.74, 6) is -3.26. The summed E-state index contributed by atoms with van der Waals surface area (Å²) in [6, 6.07) is 10.4. The second-order valence-electron chi connectivity index (χ2n) is 5.41. The van der Waals surface area contributed by atoms with Gasteiger partial charge in [-0.1, -0.05) is 28.1 Å². The molecule has 0 heterocycles. The molecular formula is C18H16BrF2NO4. The predicted octanol–water partition coefficient (Wildman–Crippen LogP) is 3.61. The van der Waals surface area contributed by atoms with Crippen LogP contribution < -0.4 is 4.74 Å². The van der Waals surface area contributed by atoms with Crippen LogP contribution in [0.25, 0.3) is 0 Å². The molecule has 2 aromatic carbocycles. The highest BCUT2D eigenvalue weighted by Crippen LogP contribution is 2.17.